The molecule has 0 saturated heterocycles. The van der Waals surface area contributed by atoms with E-state index in [9.17, 15) is 25.2 Å². The van der Waals surface area contributed by atoms with E-state index in [-0.39, 0.29) is 0 Å². The van der Waals surface area contributed by atoms with Crippen molar-refractivity contribution >= 4 is 24.8 Å². The Bertz CT molecular complexity index is 1030. The van der Waals surface area contributed by atoms with Crippen LogP contribution in [0.15, 0.2) is 48.0 Å². The van der Waals surface area contributed by atoms with Gasteiger partial charge < -0.3 is 0 Å². The second kappa shape index (κ2) is 6.94. The van der Waals surface area contributed by atoms with Gasteiger partial charge in [-0.25, -0.2) is 0 Å². The predicted octanol–water partition coefficient (Wildman–Crippen LogP) is 8.65. The minimum atomic E-state index is -10.7. The number of nitrogens with zero attached hydrogens (tertiary/aromatic N) is 1. The number of allylic oxidation sites excluding steroid dienone is 1. The third kappa shape index (κ3) is 5.94. The first kappa shape index (κ1) is 22.5. The summed E-state index contributed by atoms with van der Waals surface area (Å²) in [6.07, 6.45) is 3.66. The van der Waals surface area contributed by atoms with E-state index in [2.05, 4.69) is 67.8 Å². The van der Waals surface area contributed by atoms with E-state index in [1.807, 2.05) is 0 Å². The summed E-state index contributed by atoms with van der Waals surface area (Å²) in [5.41, 5.74) is 11.6. The fourth-order valence-electron chi connectivity index (χ4n) is 3.98. The van der Waals surface area contributed by atoms with Crippen molar-refractivity contribution in [3.05, 3.63) is 70.3 Å². The van der Waals surface area contributed by atoms with Gasteiger partial charge in [0, 0.05) is 24.1 Å². The molecular weight excluding hydrogens is 423 g/mol. The van der Waals surface area contributed by atoms with Gasteiger partial charge in [0.2, 0.25) is 5.69 Å². The molecule has 0 fully saturated rings. The summed E-state index contributed by atoms with van der Waals surface area (Å²) in [6.45, 7) is 7.64. The Morgan fingerprint density at radius 3 is 2.03 bits per heavy atom. The molecule has 1 heterocycles. The number of hydrogen-bond acceptors (Lipinski definition) is 0. The molecule has 0 amide bonds. The molecule has 0 saturated carbocycles. The number of aryl methyl sites for hydroxylation is 2. The zero-order valence-electron chi connectivity index (χ0n) is 17.0. The van der Waals surface area contributed by atoms with Crippen molar-refractivity contribution in [3.63, 3.8) is 0 Å². The van der Waals surface area contributed by atoms with Crippen molar-refractivity contribution < 1.29 is 29.8 Å². The normalized spacial score (nSPS) is 18.0. The Hall–Kier alpha value is -2.14. The van der Waals surface area contributed by atoms with Gasteiger partial charge in [-0.2, -0.15) is 4.58 Å². The maximum atomic E-state index is 9.87. The Morgan fingerprint density at radius 2 is 1.47 bits per heavy atom. The molecule has 0 N–H and O–H groups in total. The molecule has 1 aliphatic heterocycles. The molecule has 0 aromatic heterocycles. The summed E-state index contributed by atoms with van der Waals surface area (Å²) < 4.78 is 61.7. The van der Waals surface area contributed by atoms with Gasteiger partial charge in [-0.15, -0.1) is 0 Å². The van der Waals surface area contributed by atoms with Gasteiger partial charge in [0.15, 0.2) is 12.3 Å². The topological polar surface area (TPSA) is 3.01 Å². The van der Waals surface area contributed by atoms with Crippen LogP contribution in [0.3, 0.4) is 0 Å². The van der Waals surface area contributed by atoms with Gasteiger partial charge in [-0.1, -0.05) is 41.5 Å². The number of halogens is 6. The van der Waals surface area contributed by atoms with Crippen LogP contribution >= 0.6 is 7.81 Å². The molecule has 2 aliphatic rings. The third-order valence-electron chi connectivity index (χ3n) is 5.22. The fraction of sp³-hybridized carbons (Fsp3) is 0.318. The van der Waals surface area contributed by atoms with Gasteiger partial charge in [-0.3, -0.25) is 0 Å². The van der Waals surface area contributed by atoms with E-state index in [0.29, 0.717) is 0 Å². The van der Waals surface area contributed by atoms with E-state index < -0.39 is 7.81 Å². The zero-order chi connectivity index (χ0) is 22.4. The van der Waals surface area contributed by atoms with Gasteiger partial charge in [-0.05, 0) is 44.7 Å². The van der Waals surface area contributed by atoms with Crippen molar-refractivity contribution in [1.29, 1.82) is 0 Å². The summed E-state index contributed by atoms with van der Waals surface area (Å²) in [7, 11) is -10.7. The van der Waals surface area contributed by atoms with Crippen LogP contribution in [-0.2, 0) is 6.42 Å². The van der Waals surface area contributed by atoms with Crippen molar-refractivity contribution in [2.45, 2.75) is 40.0 Å². The first-order chi connectivity index (χ1) is 13.6. The van der Waals surface area contributed by atoms with E-state index in [0.717, 1.165) is 6.54 Å². The molecule has 1 nitrogen and oxygen atoms in total. The molecule has 0 radical (unpaired) electrons. The summed E-state index contributed by atoms with van der Waals surface area (Å²) in [5.74, 6) is 0. The van der Waals surface area contributed by atoms with Gasteiger partial charge in [0.1, 0.15) is 0 Å². The molecule has 4 rings (SSSR count). The van der Waals surface area contributed by atoms with Crippen LogP contribution in [0.5, 0.6) is 0 Å². The molecule has 8 heteroatoms. The molecule has 1 aliphatic carbocycles. The van der Waals surface area contributed by atoms with Crippen LogP contribution < -0.4 is 0 Å². The Labute approximate surface area is 172 Å². The van der Waals surface area contributed by atoms with Crippen LogP contribution in [0.1, 0.15) is 48.9 Å². The number of hydrogen-bond donors (Lipinski definition) is 0. The molecule has 2 aromatic rings. The van der Waals surface area contributed by atoms with E-state index in [4.69, 9.17) is 0 Å². The van der Waals surface area contributed by atoms with Gasteiger partial charge in [0.05, 0.1) is 5.56 Å². The third-order valence-corrected chi connectivity index (χ3v) is 5.22. The van der Waals surface area contributed by atoms with Crippen molar-refractivity contribution in [3.8, 4) is 0 Å². The van der Waals surface area contributed by atoms with E-state index >= 15 is 0 Å². The Morgan fingerprint density at radius 1 is 0.867 bits per heavy atom. The van der Waals surface area contributed by atoms with Crippen LogP contribution in [0, 0.1) is 6.92 Å². The van der Waals surface area contributed by atoms with Crippen LogP contribution in [0.4, 0.5) is 30.9 Å². The van der Waals surface area contributed by atoms with Crippen molar-refractivity contribution in [2.24, 2.45) is 0 Å². The van der Waals surface area contributed by atoms with Crippen molar-refractivity contribution in [1.82, 2.24) is 0 Å². The standard InChI is InChI=1S/C22H24N.F6P/c1-15(2)20-14-23(18-12-10-16(3)11-13-18)21-9-5-7-17-6-4-8-19(20)22(17)21;1-7(2,3,4,5)6/h4,6,8,10-13H,5,7,9,14H2,1-3H3;/q+1;-1. The molecule has 0 spiro atoms. The zero-order valence-corrected chi connectivity index (χ0v) is 17.9. The average Bonchev–Trinajstić information content (AvgIpc) is 2.60. The fourth-order valence-corrected chi connectivity index (χ4v) is 3.98. The van der Waals surface area contributed by atoms with Crippen LogP contribution in [0.2, 0.25) is 0 Å². The molecule has 30 heavy (non-hydrogen) atoms. The summed E-state index contributed by atoms with van der Waals surface area (Å²) in [5, 5.41) is 0. The minimum absolute atomic E-state index is 0.997. The van der Waals surface area contributed by atoms with Gasteiger partial charge >= 0.3 is 33.0 Å². The number of rotatable bonds is 1. The maximum absolute atomic E-state index is 10.7. The second-order valence-corrected chi connectivity index (χ2v) is 9.92. The van der Waals surface area contributed by atoms with Crippen LogP contribution in [-0.4, -0.2) is 16.8 Å². The van der Waals surface area contributed by atoms with Gasteiger partial charge in [0.25, 0.3) is 0 Å². The molecule has 0 atom stereocenters. The average molecular weight is 447 g/mol. The second-order valence-electron chi connectivity index (χ2n) is 8.00. The summed E-state index contributed by atoms with van der Waals surface area (Å²) in [4.78, 5) is 0. The molecule has 0 unspecified atom stereocenters. The van der Waals surface area contributed by atoms with E-state index in [1.54, 1.807) is 0 Å². The Balaban J connectivity index is 0.000000318. The monoisotopic (exact) mass is 447 g/mol. The number of benzene rings is 2. The molecule has 2 aromatic carbocycles. The summed E-state index contributed by atoms with van der Waals surface area (Å²) in [6, 6.07) is 15.9. The molecule has 0 bridgehead atoms. The SMILES string of the molecule is CC(C)=C1C[N+](c2ccc(C)cc2)=C2CCCc3cccc1c32.F[P-](F)(F)(F)(F)F. The van der Waals surface area contributed by atoms with Crippen LogP contribution in [0.25, 0.3) is 5.57 Å². The first-order valence-electron chi connectivity index (χ1n) is 9.65. The predicted molar refractivity (Wildman–Crippen MR) is 111 cm³/mol. The van der Waals surface area contributed by atoms with Crippen molar-refractivity contribution in [2.75, 3.05) is 6.54 Å². The Kier molecular flexibility index (Phi) is 5.22. The van der Waals surface area contributed by atoms with E-state index in [1.165, 1.54) is 64.1 Å². The molecular formula is C22H24F6NP. The quantitative estimate of drug-likeness (QED) is 0.234. The summed E-state index contributed by atoms with van der Waals surface area (Å²) >= 11 is 0. The molecule has 164 valence electrons. The first-order valence-corrected chi connectivity index (χ1v) is 11.7.